The average Bonchev–Trinajstić information content (AvgIpc) is 2.53. The molecule has 4 nitrogen and oxygen atoms in total. The van der Waals surface area contributed by atoms with Gasteiger partial charge < -0.3 is 9.80 Å². The Morgan fingerprint density at radius 1 is 1.12 bits per heavy atom. The number of carbonyl (C=O) groups is 2. The minimum atomic E-state index is 0.0673. The molecule has 140 valence electrons. The summed E-state index contributed by atoms with van der Waals surface area (Å²) in [6, 6.07) is 0. The van der Waals surface area contributed by atoms with Gasteiger partial charge in [-0.15, -0.1) is 0 Å². The summed E-state index contributed by atoms with van der Waals surface area (Å²) < 4.78 is 0. The predicted molar refractivity (Wildman–Crippen MR) is 102 cm³/mol. The van der Waals surface area contributed by atoms with Crippen molar-refractivity contribution in [2.24, 2.45) is 11.3 Å². The summed E-state index contributed by atoms with van der Waals surface area (Å²) in [4.78, 5) is 28.4. The molecule has 1 aliphatic heterocycles. The van der Waals surface area contributed by atoms with Crippen molar-refractivity contribution in [3.63, 3.8) is 0 Å². The average molecular weight is 347 g/mol. The Morgan fingerprint density at radius 2 is 1.72 bits per heavy atom. The van der Waals surface area contributed by atoms with Crippen LogP contribution in [0.1, 0.15) is 60.3 Å². The standard InChI is InChI=1S/C21H34N2O2/c1-16(2)15-20(25)23-13-11-22(12-14-23)19(24)9-8-18-17(3)7-6-10-21(18,4)5/h8-9,16H,6-7,10-15H2,1-5H3/b9-8+. The Hall–Kier alpha value is -1.58. The van der Waals surface area contributed by atoms with Crippen molar-refractivity contribution in [2.75, 3.05) is 26.2 Å². The Morgan fingerprint density at radius 3 is 2.28 bits per heavy atom. The van der Waals surface area contributed by atoms with E-state index < -0.39 is 0 Å². The second-order valence-electron chi connectivity index (χ2n) is 8.57. The second kappa shape index (κ2) is 8.20. The lowest BCUT2D eigenvalue weighted by molar-refractivity contribution is -0.137. The van der Waals surface area contributed by atoms with E-state index >= 15 is 0 Å². The van der Waals surface area contributed by atoms with E-state index in [0.717, 1.165) is 6.42 Å². The van der Waals surface area contributed by atoms with E-state index in [1.165, 1.54) is 24.0 Å². The molecule has 0 aromatic carbocycles. The van der Waals surface area contributed by atoms with Crippen LogP contribution in [-0.2, 0) is 9.59 Å². The molecule has 1 heterocycles. The lowest BCUT2D eigenvalue weighted by Gasteiger charge is -2.35. The van der Waals surface area contributed by atoms with Crippen molar-refractivity contribution < 1.29 is 9.59 Å². The van der Waals surface area contributed by atoms with Crippen LogP contribution in [0.5, 0.6) is 0 Å². The number of piperazine rings is 1. The lowest BCUT2D eigenvalue weighted by Crippen LogP contribution is -2.50. The van der Waals surface area contributed by atoms with Gasteiger partial charge >= 0.3 is 0 Å². The van der Waals surface area contributed by atoms with Crippen LogP contribution in [0.4, 0.5) is 0 Å². The third kappa shape index (κ3) is 5.20. The molecular weight excluding hydrogens is 312 g/mol. The molecule has 0 unspecified atom stereocenters. The van der Waals surface area contributed by atoms with Crippen molar-refractivity contribution >= 4 is 11.8 Å². The topological polar surface area (TPSA) is 40.6 Å². The number of allylic oxidation sites excluding steroid dienone is 3. The molecule has 2 rings (SSSR count). The summed E-state index contributed by atoms with van der Waals surface area (Å²) >= 11 is 0. The van der Waals surface area contributed by atoms with Gasteiger partial charge in [0.1, 0.15) is 0 Å². The number of carbonyl (C=O) groups excluding carboxylic acids is 2. The summed E-state index contributed by atoms with van der Waals surface area (Å²) in [5.41, 5.74) is 2.88. The van der Waals surface area contributed by atoms with Crippen LogP contribution in [0.2, 0.25) is 0 Å². The van der Waals surface area contributed by atoms with Crippen LogP contribution in [0, 0.1) is 11.3 Å². The largest absolute Gasteiger partial charge is 0.339 e. The van der Waals surface area contributed by atoms with Crippen molar-refractivity contribution in [1.29, 1.82) is 0 Å². The van der Waals surface area contributed by atoms with Crippen molar-refractivity contribution in [3.05, 3.63) is 23.3 Å². The van der Waals surface area contributed by atoms with Gasteiger partial charge in [-0.3, -0.25) is 9.59 Å². The highest BCUT2D eigenvalue weighted by molar-refractivity contribution is 5.88. The van der Waals surface area contributed by atoms with Crippen LogP contribution in [-0.4, -0.2) is 47.8 Å². The Bertz CT molecular complexity index is 564. The minimum absolute atomic E-state index is 0.0673. The first-order valence-electron chi connectivity index (χ1n) is 9.65. The molecule has 0 radical (unpaired) electrons. The number of hydrogen-bond donors (Lipinski definition) is 0. The Balaban J connectivity index is 1.92. The molecule has 1 saturated heterocycles. The second-order valence-corrected chi connectivity index (χ2v) is 8.57. The maximum Gasteiger partial charge on any atom is 0.246 e. The van der Waals surface area contributed by atoms with Gasteiger partial charge in [-0.25, -0.2) is 0 Å². The lowest BCUT2D eigenvalue weighted by atomic mass is 9.72. The summed E-state index contributed by atoms with van der Waals surface area (Å²) in [7, 11) is 0. The van der Waals surface area contributed by atoms with E-state index in [1.54, 1.807) is 6.08 Å². The van der Waals surface area contributed by atoms with E-state index in [0.29, 0.717) is 38.5 Å². The molecular formula is C21H34N2O2. The van der Waals surface area contributed by atoms with Crippen LogP contribution in [0.25, 0.3) is 0 Å². The van der Waals surface area contributed by atoms with Gasteiger partial charge in [0.15, 0.2) is 0 Å². The van der Waals surface area contributed by atoms with Crippen molar-refractivity contribution in [1.82, 2.24) is 9.80 Å². The summed E-state index contributed by atoms with van der Waals surface area (Å²) in [6.07, 6.45) is 7.90. The van der Waals surface area contributed by atoms with Crippen molar-refractivity contribution in [2.45, 2.75) is 60.3 Å². The summed E-state index contributed by atoms with van der Waals surface area (Å²) in [6.45, 7) is 13.4. The van der Waals surface area contributed by atoms with Crippen LogP contribution in [0.3, 0.4) is 0 Å². The molecule has 2 amide bonds. The number of amides is 2. The fraction of sp³-hybridized carbons (Fsp3) is 0.714. The molecule has 0 saturated carbocycles. The van der Waals surface area contributed by atoms with E-state index in [2.05, 4.69) is 34.6 Å². The molecule has 0 N–H and O–H groups in total. The first kappa shape index (κ1) is 19.7. The van der Waals surface area contributed by atoms with E-state index in [4.69, 9.17) is 0 Å². The molecule has 2 aliphatic rings. The third-order valence-corrected chi connectivity index (χ3v) is 5.46. The number of hydrogen-bond acceptors (Lipinski definition) is 2. The highest BCUT2D eigenvalue weighted by atomic mass is 16.2. The van der Waals surface area contributed by atoms with Gasteiger partial charge in [0.2, 0.25) is 11.8 Å². The zero-order valence-electron chi connectivity index (χ0n) is 16.6. The fourth-order valence-electron chi connectivity index (χ4n) is 3.92. The molecule has 0 aromatic heterocycles. The van der Waals surface area contributed by atoms with Crippen LogP contribution >= 0.6 is 0 Å². The van der Waals surface area contributed by atoms with Crippen LogP contribution in [0.15, 0.2) is 23.3 Å². The van der Waals surface area contributed by atoms with Gasteiger partial charge in [0.05, 0.1) is 0 Å². The zero-order chi connectivity index (χ0) is 18.6. The van der Waals surface area contributed by atoms with Crippen molar-refractivity contribution in [3.8, 4) is 0 Å². The molecule has 1 fully saturated rings. The fourth-order valence-corrected chi connectivity index (χ4v) is 3.92. The SMILES string of the molecule is CC1=C(/C=C/C(=O)N2CCN(C(=O)CC(C)C)CC2)C(C)(C)CCC1. The molecule has 0 spiro atoms. The first-order valence-corrected chi connectivity index (χ1v) is 9.65. The maximum atomic E-state index is 12.5. The van der Waals surface area contributed by atoms with E-state index in [9.17, 15) is 9.59 Å². The van der Waals surface area contributed by atoms with Crippen LogP contribution < -0.4 is 0 Å². The summed E-state index contributed by atoms with van der Waals surface area (Å²) in [5.74, 6) is 0.658. The number of rotatable bonds is 4. The molecule has 0 bridgehead atoms. The van der Waals surface area contributed by atoms with E-state index in [-0.39, 0.29) is 17.2 Å². The van der Waals surface area contributed by atoms with Gasteiger partial charge in [-0.05, 0) is 43.1 Å². The molecule has 4 heteroatoms. The predicted octanol–water partition coefficient (Wildman–Crippen LogP) is 3.79. The molecule has 0 atom stereocenters. The highest BCUT2D eigenvalue weighted by Crippen LogP contribution is 2.40. The monoisotopic (exact) mass is 346 g/mol. The maximum absolute atomic E-state index is 12.5. The molecule has 25 heavy (non-hydrogen) atoms. The smallest absolute Gasteiger partial charge is 0.246 e. The summed E-state index contributed by atoms with van der Waals surface area (Å²) in [5, 5.41) is 0. The zero-order valence-corrected chi connectivity index (χ0v) is 16.6. The van der Waals surface area contributed by atoms with Gasteiger partial charge in [0.25, 0.3) is 0 Å². The van der Waals surface area contributed by atoms with Gasteiger partial charge in [-0.1, -0.05) is 39.3 Å². The third-order valence-electron chi connectivity index (χ3n) is 5.46. The molecule has 1 aliphatic carbocycles. The quantitative estimate of drug-likeness (QED) is 0.727. The Kier molecular flexibility index (Phi) is 6.47. The number of nitrogens with zero attached hydrogens (tertiary/aromatic N) is 2. The Labute approximate surface area is 152 Å². The minimum Gasteiger partial charge on any atom is -0.339 e. The highest BCUT2D eigenvalue weighted by Gasteiger charge is 2.27. The van der Waals surface area contributed by atoms with Gasteiger partial charge in [0, 0.05) is 38.7 Å². The van der Waals surface area contributed by atoms with E-state index in [1.807, 2.05) is 15.9 Å². The van der Waals surface area contributed by atoms with Gasteiger partial charge in [-0.2, -0.15) is 0 Å². The first-order chi connectivity index (χ1) is 11.7. The normalized spacial score (nSPS) is 21.4. The molecule has 0 aromatic rings.